The van der Waals surface area contributed by atoms with Crippen molar-refractivity contribution in [3.63, 3.8) is 0 Å². The molecule has 2 aromatic carbocycles. The van der Waals surface area contributed by atoms with Crippen molar-refractivity contribution in [1.29, 1.82) is 0 Å². The number of nitrogens with one attached hydrogen (secondary N) is 1. The van der Waals surface area contributed by atoms with Crippen molar-refractivity contribution in [1.82, 2.24) is 20.0 Å². The summed E-state index contributed by atoms with van der Waals surface area (Å²) >= 11 is 0. The van der Waals surface area contributed by atoms with Gasteiger partial charge in [-0.2, -0.15) is 5.10 Å². The van der Waals surface area contributed by atoms with Gasteiger partial charge in [0.15, 0.2) is 5.69 Å². The number of hydrogen-bond donors (Lipinski definition) is 1. The Morgan fingerprint density at radius 3 is 2.76 bits per heavy atom. The van der Waals surface area contributed by atoms with Crippen LogP contribution in [0.2, 0.25) is 0 Å². The van der Waals surface area contributed by atoms with E-state index in [1.165, 1.54) is 28.5 Å². The molecule has 5 rings (SSSR count). The summed E-state index contributed by atoms with van der Waals surface area (Å²) in [5.74, 6) is 1.03. The van der Waals surface area contributed by atoms with Crippen molar-refractivity contribution in [3.05, 3.63) is 58.9 Å². The molecule has 0 radical (unpaired) electrons. The largest absolute Gasteiger partial charge is 0.496 e. The Bertz CT molecular complexity index is 1150. The molecule has 0 bridgehead atoms. The second-order valence-corrected chi connectivity index (χ2v) is 9.23. The van der Waals surface area contributed by atoms with E-state index in [9.17, 15) is 4.79 Å². The number of piperidine rings is 1. The van der Waals surface area contributed by atoms with E-state index in [4.69, 9.17) is 9.84 Å². The van der Waals surface area contributed by atoms with Crippen LogP contribution in [0, 0.1) is 0 Å². The van der Waals surface area contributed by atoms with Crippen molar-refractivity contribution in [2.45, 2.75) is 64.6 Å². The Morgan fingerprint density at radius 2 is 1.97 bits per heavy atom. The molecule has 1 atom stereocenters. The minimum atomic E-state index is 0.120. The van der Waals surface area contributed by atoms with Gasteiger partial charge in [0.2, 0.25) is 0 Å². The highest BCUT2D eigenvalue weighted by Gasteiger charge is 2.31. The summed E-state index contributed by atoms with van der Waals surface area (Å²) in [6, 6.07) is 12.9. The third-order valence-corrected chi connectivity index (χ3v) is 7.28. The van der Waals surface area contributed by atoms with Crippen molar-refractivity contribution in [3.8, 4) is 5.75 Å². The molecule has 174 valence electrons. The number of carbonyl (C=O) groups excluding carboxylic acids is 1. The first-order valence-corrected chi connectivity index (χ1v) is 12.4. The fraction of sp³-hybridized carbons (Fsp3) is 0.481. The van der Waals surface area contributed by atoms with Gasteiger partial charge in [-0.1, -0.05) is 30.3 Å². The fourth-order valence-electron chi connectivity index (χ4n) is 5.48. The quantitative estimate of drug-likeness (QED) is 0.612. The molecule has 1 saturated heterocycles. The van der Waals surface area contributed by atoms with Crippen LogP contribution in [0.4, 0.5) is 0 Å². The SMILES string of the molecule is CCn1nc(C(=O)N2CCCCC2)c2c1CCC(NCc1c(OC)ccc3ccccc13)C2. The van der Waals surface area contributed by atoms with Crippen LogP contribution in [0.1, 0.15) is 59.9 Å². The van der Waals surface area contributed by atoms with Gasteiger partial charge in [-0.15, -0.1) is 0 Å². The lowest BCUT2D eigenvalue weighted by Crippen LogP contribution is -2.38. The summed E-state index contributed by atoms with van der Waals surface area (Å²) < 4.78 is 7.73. The number of aromatic nitrogens is 2. The van der Waals surface area contributed by atoms with E-state index in [0.29, 0.717) is 11.7 Å². The topological polar surface area (TPSA) is 59.4 Å². The van der Waals surface area contributed by atoms with E-state index in [0.717, 1.165) is 69.6 Å². The predicted octanol–water partition coefficient (Wildman–Crippen LogP) is 4.34. The van der Waals surface area contributed by atoms with E-state index < -0.39 is 0 Å². The number of hydrogen-bond acceptors (Lipinski definition) is 4. The summed E-state index contributed by atoms with van der Waals surface area (Å²) in [5, 5.41) is 11.0. The molecule has 6 heteroatoms. The monoisotopic (exact) mass is 446 g/mol. The molecule has 0 saturated carbocycles. The van der Waals surface area contributed by atoms with Gasteiger partial charge >= 0.3 is 0 Å². The fourth-order valence-corrected chi connectivity index (χ4v) is 5.48. The molecule has 1 fully saturated rings. The zero-order valence-corrected chi connectivity index (χ0v) is 19.8. The number of nitrogens with zero attached hydrogens (tertiary/aromatic N) is 3. The molecule has 1 amide bonds. The third kappa shape index (κ3) is 4.24. The van der Waals surface area contributed by atoms with E-state index in [1.807, 2.05) is 4.90 Å². The molecule has 1 aliphatic carbocycles. The van der Waals surface area contributed by atoms with Crippen LogP contribution in [0.3, 0.4) is 0 Å². The summed E-state index contributed by atoms with van der Waals surface area (Å²) in [5.41, 5.74) is 4.28. The van der Waals surface area contributed by atoms with Crippen LogP contribution < -0.4 is 10.1 Å². The average molecular weight is 447 g/mol. The van der Waals surface area contributed by atoms with Gasteiger partial charge in [0.25, 0.3) is 5.91 Å². The Labute approximate surface area is 195 Å². The lowest BCUT2D eigenvalue weighted by atomic mass is 9.90. The Hall–Kier alpha value is -2.86. The first-order chi connectivity index (χ1) is 16.2. The molecule has 6 nitrogen and oxygen atoms in total. The number of likely N-dealkylation sites (tertiary alicyclic amines) is 1. The first kappa shape index (κ1) is 22.0. The van der Waals surface area contributed by atoms with E-state index >= 15 is 0 Å². The highest BCUT2D eigenvalue weighted by molar-refractivity contribution is 5.94. The average Bonchev–Trinajstić information content (AvgIpc) is 3.25. The normalized spacial score (nSPS) is 18.4. The molecule has 1 N–H and O–H groups in total. The lowest BCUT2D eigenvalue weighted by molar-refractivity contribution is 0.0716. The van der Waals surface area contributed by atoms with E-state index in [1.54, 1.807) is 7.11 Å². The van der Waals surface area contributed by atoms with E-state index in [2.05, 4.69) is 53.3 Å². The van der Waals surface area contributed by atoms with Crippen LogP contribution in [0.25, 0.3) is 10.8 Å². The Kier molecular flexibility index (Phi) is 6.36. The number of methoxy groups -OCH3 is 1. The second kappa shape index (κ2) is 9.56. The maximum atomic E-state index is 13.3. The summed E-state index contributed by atoms with van der Waals surface area (Å²) in [7, 11) is 1.73. The molecule has 0 spiro atoms. The molecular formula is C27H34N4O2. The maximum Gasteiger partial charge on any atom is 0.274 e. The van der Waals surface area contributed by atoms with Gasteiger partial charge in [0, 0.05) is 49.0 Å². The smallest absolute Gasteiger partial charge is 0.274 e. The molecule has 1 unspecified atom stereocenters. The van der Waals surface area contributed by atoms with Crippen LogP contribution >= 0.6 is 0 Å². The number of rotatable bonds is 6. The molecule has 33 heavy (non-hydrogen) atoms. The number of benzene rings is 2. The van der Waals surface area contributed by atoms with Crippen LogP contribution in [0.15, 0.2) is 36.4 Å². The molecule has 2 aliphatic rings. The van der Waals surface area contributed by atoms with Gasteiger partial charge in [-0.05, 0) is 62.3 Å². The number of ether oxygens (including phenoxy) is 1. The minimum Gasteiger partial charge on any atom is -0.496 e. The molecule has 1 aromatic heterocycles. The van der Waals surface area contributed by atoms with Gasteiger partial charge in [-0.3, -0.25) is 9.48 Å². The maximum absolute atomic E-state index is 13.3. The first-order valence-electron chi connectivity index (χ1n) is 12.4. The highest BCUT2D eigenvalue weighted by atomic mass is 16.5. The van der Waals surface area contributed by atoms with Gasteiger partial charge in [0.05, 0.1) is 7.11 Å². The summed E-state index contributed by atoms with van der Waals surface area (Å²) in [4.78, 5) is 15.3. The van der Waals surface area contributed by atoms with Gasteiger partial charge in [0.1, 0.15) is 5.75 Å². The second-order valence-electron chi connectivity index (χ2n) is 9.23. The van der Waals surface area contributed by atoms with Crippen molar-refractivity contribution >= 4 is 16.7 Å². The Morgan fingerprint density at radius 1 is 1.15 bits per heavy atom. The minimum absolute atomic E-state index is 0.120. The standard InChI is InChI=1S/C27H34N4O2/c1-3-31-24-13-12-20(17-22(24)26(29-31)27(32)30-15-7-4-8-16-30)28-18-23-21-10-6-5-9-19(21)11-14-25(23)33-2/h5-6,9-11,14,20,28H,3-4,7-8,12-13,15-18H2,1-2H3. The van der Waals surface area contributed by atoms with Crippen LogP contribution in [0.5, 0.6) is 5.75 Å². The van der Waals surface area contributed by atoms with Gasteiger partial charge < -0.3 is 15.0 Å². The van der Waals surface area contributed by atoms with Gasteiger partial charge in [-0.25, -0.2) is 0 Å². The van der Waals surface area contributed by atoms with Crippen molar-refractivity contribution in [2.24, 2.45) is 0 Å². The number of carbonyl (C=O) groups is 1. The lowest BCUT2D eigenvalue weighted by Gasteiger charge is -2.28. The summed E-state index contributed by atoms with van der Waals surface area (Å²) in [6.45, 7) is 5.37. The summed E-state index contributed by atoms with van der Waals surface area (Å²) in [6.07, 6.45) is 6.25. The van der Waals surface area contributed by atoms with Crippen LogP contribution in [-0.4, -0.2) is 46.8 Å². The number of aryl methyl sites for hydroxylation is 1. The zero-order chi connectivity index (χ0) is 22.8. The highest BCUT2D eigenvalue weighted by Crippen LogP contribution is 2.30. The van der Waals surface area contributed by atoms with E-state index in [-0.39, 0.29) is 5.91 Å². The predicted molar refractivity (Wildman–Crippen MR) is 131 cm³/mol. The van der Waals surface area contributed by atoms with Crippen molar-refractivity contribution < 1.29 is 9.53 Å². The number of fused-ring (bicyclic) bond motifs is 2. The zero-order valence-electron chi connectivity index (χ0n) is 19.8. The van der Waals surface area contributed by atoms with Crippen molar-refractivity contribution in [2.75, 3.05) is 20.2 Å². The molecule has 1 aliphatic heterocycles. The number of amides is 1. The molecular weight excluding hydrogens is 412 g/mol. The van der Waals surface area contributed by atoms with Crippen LogP contribution in [-0.2, 0) is 25.9 Å². The molecule has 3 aromatic rings. The molecule has 2 heterocycles. The Balaban J connectivity index is 1.37. The third-order valence-electron chi connectivity index (χ3n) is 7.28.